The van der Waals surface area contributed by atoms with Crippen LogP contribution >= 0.6 is 0 Å². The molecule has 8 rings (SSSR count). The van der Waals surface area contributed by atoms with Crippen molar-refractivity contribution in [3.8, 4) is 0 Å². The molecule has 2 aromatic heterocycles. The van der Waals surface area contributed by atoms with E-state index in [1.807, 2.05) is 0 Å². The summed E-state index contributed by atoms with van der Waals surface area (Å²) in [5.74, 6) is 2.54. The van der Waals surface area contributed by atoms with Gasteiger partial charge in [-0.1, -0.05) is 39.8 Å². The summed E-state index contributed by atoms with van der Waals surface area (Å²) in [6.45, 7) is 8.44. The molecule has 4 heterocycles. The second-order valence-electron chi connectivity index (χ2n) is 13.9. The zero-order valence-electron chi connectivity index (χ0n) is 28.5. The fourth-order valence-electron chi connectivity index (χ4n) is 7.56. The highest BCUT2D eigenvalue weighted by Crippen LogP contribution is 2.29. The quantitative estimate of drug-likeness (QED) is 0.249. The zero-order chi connectivity index (χ0) is 32.8. The average Bonchev–Trinajstić information content (AvgIpc) is 3.37. The molecule has 4 aromatic rings. The van der Waals surface area contributed by atoms with Gasteiger partial charge in [0, 0.05) is 70.7 Å². The van der Waals surface area contributed by atoms with Crippen molar-refractivity contribution in [2.24, 2.45) is 5.73 Å². The van der Waals surface area contributed by atoms with E-state index in [1.54, 1.807) is 0 Å². The zero-order valence-corrected chi connectivity index (χ0v) is 28.5. The number of benzene rings is 2. The molecule has 270 valence electrons. The number of carboxylic acid groups (broad SMARTS) is 1. The lowest BCUT2D eigenvalue weighted by molar-refractivity contribution is -0.122. The molecule has 2 fully saturated rings. The molecule has 10 heteroatoms. The Hall–Kier alpha value is -3.31. The van der Waals surface area contributed by atoms with Crippen molar-refractivity contribution in [2.75, 3.05) is 53.4 Å². The second kappa shape index (κ2) is 18.1. The number of likely N-dealkylation sites (N-methyl/N-ethyl adjacent to an activating group) is 1. The maximum Gasteiger partial charge on any atom is 0.290 e. The van der Waals surface area contributed by atoms with Crippen LogP contribution in [0, 0.1) is 0 Å². The van der Waals surface area contributed by atoms with Crippen molar-refractivity contribution in [3.05, 3.63) is 59.2 Å². The molecule has 4 aliphatic rings. The number of carbonyl (C=O) groups is 1. The predicted octanol–water partition coefficient (Wildman–Crippen LogP) is 5.47. The SMILES string of the molecule is C.C.CN(C)CCc1ccc2c(c1)nc1n2CCN(C2CCC2)CC1.NCCc1ccc2c(c1)nc1n2CCN(C2CCC2)CC1.O=CO. The molecule has 0 radical (unpaired) electrons. The predicted molar refractivity (Wildman–Crippen MR) is 202 cm³/mol. The Kier molecular flexibility index (Phi) is 14.2. The first-order valence-corrected chi connectivity index (χ1v) is 17.8. The minimum atomic E-state index is -0.250. The molecule has 10 nitrogen and oxygen atoms in total. The minimum absolute atomic E-state index is 0. The fourth-order valence-corrected chi connectivity index (χ4v) is 7.56. The molecular formula is C39H62N8O2. The van der Waals surface area contributed by atoms with Gasteiger partial charge in [-0.15, -0.1) is 0 Å². The number of imidazole rings is 2. The van der Waals surface area contributed by atoms with Gasteiger partial charge in [-0.05, 0) is 94.6 Å². The van der Waals surface area contributed by atoms with Gasteiger partial charge < -0.3 is 24.9 Å². The topological polar surface area (TPSA) is 109 Å². The fraction of sp³-hybridized carbons (Fsp3) is 0.615. The van der Waals surface area contributed by atoms with Crippen molar-refractivity contribution < 1.29 is 9.90 Å². The van der Waals surface area contributed by atoms with Crippen LogP contribution in [0.5, 0.6) is 0 Å². The number of rotatable bonds is 7. The number of hydrogen-bond donors (Lipinski definition) is 2. The summed E-state index contributed by atoms with van der Waals surface area (Å²) >= 11 is 0. The first kappa shape index (κ1) is 38.5. The Morgan fingerprint density at radius 1 is 0.755 bits per heavy atom. The van der Waals surface area contributed by atoms with Crippen LogP contribution in [0.25, 0.3) is 22.1 Å². The molecule has 0 saturated heterocycles. The summed E-state index contributed by atoms with van der Waals surface area (Å²) in [4.78, 5) is 25.8. The third-order valence-corrected chi connectivity index (χ3v) is 10.7. The molecule has 2 aliphatic heterocycles. The van der Waals surface area contributed by atoms with E-state index >= 15 is 0 Å². The first-order chi connectivity index (χ1) is 23.0. The van der Waals surface area contributed by atoms with Crippen LogP contribution in [0.15, 0.2) is 36.4 Å². The molecular weight excluding hydrogens is 612 g/mol. The van der Waals surface area contributed by atoms with Crippen molar-refractivity contribution >= 4 is 28.5 Å². The van der Waals surface area contributed by atoms with Crippen LogP contribution in [0.2, 0.25) is 0 Å². The van der Waals surface area contributed by atoms with E-state index in [-0.39, 0.29) is 21.3 Å². The van der Waals surface area contributed by atoms with Gasteiger partial charge in [-0.3, -0.25) is 14.6 Å². The number of nitrogens with zero attached hydrogens (tertiary/aromatic N) is 7. The monoisotopic (exact) mass is 674 g/mol. The highest BCUT2D eigenvalue weighted by atomic mass is 16.3. The Labute approximate surface area is 294 Å². The maximum atomic E-state index is 8.36. The standard InChI is InChI=1S/C19H28N4.C17H24N4.CH2O2.2CH4/c1-21(2)10-8-15-6-7-18-17(14-15)20-19-9-11-22(12-13-23(18)19)16-4-3-5-16;18-8-6-13-4-5-16-15(12-13)19-17-7-9-20(10-11-21(16)17)14-2-1-3-14;2-1-3;;/h6-7,14,16H,3-5,8-13H2,1-2H3;4-5,12,14H,1-3,6-11,18H2;1H,(H,2,3);2*1H4. The Morgan fingerprint density at radius 2 is 1.20 bits per heavy atom. The molecule has 2 saturated carbocycles. The molecule has 0 bridgehead atoms. The summed E-state index contributed by atoms with van der Waals surface area (Å²) in [7, 11) is 4.26. The van der Waals surface area contributed by atoms with Crippen molar-refractivity contribution in [1.82, 2.24) is 33.8 Å². The Bertz CT molecular complexity index is 1620. The van der Waals surface area contributed by atoms with E-state index in [1.165, 1.54) is 104 Å². The van der Waals surface area contributed by atoms with Crippen molar-refractivity contribution in [1.29, 1.82) is 0 Å². The Balaban J connectivity index is 0.000000198. The highest BCUT2D eigenvalue weighted by Gasteiger charge is 2.28. The normalized spacial score (nSPS) is 18.2. The summed E-state index contributed by atoms with van der Waals surface area (Å²) in [5, 5.41) is 6.89. The van der Waals surface area contributed by atoms with Gasteiger partial charge in [0.05, 0.1) is 22.1 Å². The smallest absolute Gasteiger partial charge is 0.290 e. The minimum Gasteiger partial charge on any atom is -0.483 e. The third-order valence-electron chi connectivity index (χ3n) is 10.7. The van der Waals surface area contributed by atoms with E-state index in [9.17, 15) is 0 Å². The van der Waals surface area contributed by atoms with Gasteiger partial charge in [0.1, 0.15) is 11.6 Å². The number of fused-ring (bicyclic) bond motifs is 6. The Morgan fingerprint density at radius 3 is 1.59 bits per heavy atom. The summed E-state index contributed by atoms with van der Waals surface area (Å²) in [6, 6.07) is 15.2. The second-order valence-corrected chi connectivity index (χ2v) is 13.9. The molecule has 2 aromatic carbocycles. The first-order valence-electron chi connectivity index (χ1n) is 17.8. The molecule has 3 N–H and O–H groups in total. The third kappa shape index (κ3) is 9.08. The van der Waals surface area contributed by atoms with Crippen LogP contribution in [0.1, 0.15) is 76.2 Å². The van der Waals surface area contributed by atoms with Crippen molar-refractivity contribution in [3.63, 3.8) is 0 Å². The largest absolute Gasteiger partial charge is 0.483 e. The van der Waals surface area contributed by atoms with Gasteiger partial charge in [0.15, 0.2) is 0 Å². The van der Waals surface area contributed by atoms with Gasteiger partial charge in [0.25, 0.3) is 6.47 Å². The van der Waals surface area contributed by atoms with Crippen LogP contribution in [-0.4, -0.2) is 111 Å². The van der Waals surface area contributed by atoms with E-state index in [4.69, 9.17) is 25.6 Å². The van der Waals surface area contributed by atoms with E-state index in [0.29, 0.717) is 6.54 Å². The van der Waals surface area contributed by atoms with Gasteiger partial charge in [-0.25, -0.2) is 9.97 Å². The number of aromatic nitrogens is 4. The maximum absolute atomic E-state index is 8.36. The van der Waals surface area contributed by atoms with Gasteiger partial charge >= 0.3 is 0 Å². The molecule has 0 spiro atoms. The van der Waals surface area contributed by atoms with Crippen LogP contribution < -0.4 is 5.73 Å². The molecule has 49 heavy (non-hydrogen) atoms. The van der Waals surface area contributed by atoms with E-state index in [0.717, 1.165) is 62.9 Å². The lowest BCUT2D eigenvalue weighted by Gasteiger charge is -2.36. The summed E-state index contributed by atoms with van der Waals surface area (Å²) in [6.07, 6.45) is 12.6. The van der Waals surface area contributed by atoms with E-state index in [2.05, 4.69) is 74.3 Å². The molecule has 0 atom stereocenters. The van der Waals surface area contributed by atoms with Gasteiger partial charge in [-0.2, -0.15) is 0 Å². The van der Waals surface area contributed by atoms with Crippen molar-refractivity contribution in [2.45, 2.75) is 104 Å². The molecule has 0 unspecified atom stereocenters. The average molecular weight is 675 g/mol. The molecule has 2 aliphatic carbocycles. The summed E-state index contributed by atoms with van der Waals surface area (Å²) < 4.78 is 4.89. The van der Waals surface area contributed by atoms with Crippen LogP contribution in [0.3, 0.4) is 0 Å². The summed E-state index contributed by atoms with van der Waals surface area (Å²) in [5.41, 5.74) is 13.3. The van der Waals surface area contributed by atoms with Crippen LogP contribution in [0.4, 0.5) is 0 Å². The number of hydrogen-bond acceptors (Lipinski definition) is 7. The number of nitrogens with two attached hydrogens (primary N) is 1. The van der Waals surface area contributed by atoms with Gasteiger partial charge in [0.2, 0.25) is 0 Å². The van der Waals surface area contributed by atoms with Crippen LogP contribution in [-0.2, 0) is 43.6 Å². The molecule has 0 amide bonds. The lowest BCUT2D eigenvalue weighted by atomic mass is 9.91. The lowest BCUT2D eigenvalue weighted by Crippen LogP contribution is -2.41. The van der Waals surface area contributed by atoms with E-state index < -0.39 is 0 Å². The highest BCUT2D eigenvalue weighted by molar-refractivity contribution is 5.77.